The van der Waals surface area contributed by atoms with E-state index in [9.17, 15) is 9.59 Å². The second-order valence-corrected chi connectivity index (χ2v) is 7.50. The first-order chi connectivity index (χ1) is 15.2. The van der Waals surface area contributed by atoms with E-state index in [0.29, 0.717) is 0 Å². The van der Waals surface area contributed by atoms with Crippen LogP contribution in [0.5, 0.6) is 0 Å². The van der Waals surface area contributed by atoms with Crippen LogP contribution in [-0.4, -0.2) is 34.5 Å². The molecule has 0 aliphatic carbocycles. The first kappa shape index (κ1) is 19.3. The molecule has 2 amide bonds. The van der Waals surface area contributed by atoms with Crippen molar-refractivity contribution in [1.29, 1.82) is 0 Å². The summed E-state index contributed by atoms with van der Waals surface area (Å²) in [6.07, 6.45) is 1.45. The summed E-state index contributed by atoms with van der Waals surface area (Å²) in [5, 5.41) is 2.92. The van der Waals surface area contributed by atoms with Crippen molar-refractivity contribution in [2.24, 2.45) is 0 Å². The molecule has 31 heavy (non-hydrogen) atoms. The molecular formula is C24H21N3O4. The number of nitrogens with zero attached hydrogens (tertiary/aromatic N) is 2. The lowest BCUT2D eigenvalue weighted by atomic mass is 9.96. The maximum absolute atomic E-state index is 13.4. The second-order valence-electron chi connectivity index (χ2n) is 7.50. The Bertz CT molecular complexity index is 1060. The maximum Gasteiger partial charge on any atom is 0.411 e. The fraction of sp³-hybridized carbons (Fsp3) is 0.208. The zero-order valence-corrected chi connectivity index (χ0v) is 16.6. The quantitative estimate of drug-likeness (QED) is 0.705. The molecular weight excluding hydrogens is 394 g/mol. The minimum absolute atomic E-state index is 0.175. The molecule has 3 unspecified atom stereocenters. The van der Waals surface area contributed by atoms with Crippen LogP contribution >= 0.6 is 0 Å². The maximum atomic E-state index is 13.4. The van der Waals surface area contributed by atoms with Crippen molar-refractivity contribution in [2.45, 2.75) is 24.4 Å². The van der Waals surface area contributed by atoms with Crippen LogP contribution in [-0.2, 0) is 14.3 Å². The van der Waals surface area contributed by atoms with Crippen LogP contribution in [0, 0.1) is 0 Å². The van der Waals surface area contributed by atoms with Gasteiger partial charge in [-0.15, -0.1) is 0 Å². The van der Waals surface area contributed by atoms with Crippen molar-refractivity contribution in [3.63, 3.8) is 0 Å². The summed E-state index contributed by atoms with van der Waals surface area (Å²) in [6.45, 7) is 0.175. The fourth-order valence-corrected chi connectivity index (χ4v) is 4.15. The first-order valence-corrected chi connectivity index (χ1v) is 10.1. The van der Waals surface area contributed by atoms with Gasteiger partial charge in [0.25, 0.3) is 0 Å². The Balaban J connectivity index is 1.54. The van der Waals surface area contributed by atoms with Gasteiger partial charge in [0, 0.05) is 23.5 Å². The van der Waals surface area contributed by atoms with Gasteiger partial charge in [-0.1, -0.05) is 66.7 Å². The molecule has 0 bridgehead atoms. The minimum atomic E-state index is -0.899. The summed E-state index contributed by atoms with van der Waals surface area (Å²) in [5.74, 6) is -0.297. The summed E-state index contributed by atoms with van der Waals surface area (Å²) in [4.78, 5) is 31.9. The molecule has 3 heterocycles. The smallest absolute Gasteiger partial charge is 0.411 e. The van der Waals surface area contributed by atoms with Crippen LogP contribution in [0.1, 0.15) is 35.1 Å². The molecule has 0 radical (unpaired) electrons. The third-order valence-electron chi connectivity index (χ3n) is 5.62. The van der Waals surface area contributed by atoms with E-state index in [-0.39, 0.29) is 18.6 Å². The molecule has 0 spiro atoms. The van der Waals surface area contributed by atoms with Gasteiger partial charge in [0.05, 0.1) is 6.04 Å². The Kier molecular flexibility index (Phi) is 5.09. The molecule has 2 aromatic carbocycles. The zero-order chi connectivity index (χ0) is 21.2. The van der Waals surface area contributed by atoms with Crippen LogP contribution in [0.2, 0.25) is 0 Å². The molecule has 3 aromatic rings. The number of ether oxygens (including phenoxy) is 2. The highest BCUT2D eigenvalue weighted by Gasteiger charge is 2.50. The Hall–Kier alpha value is -3.71. The van der Waals surface area contributed by atoms with E-state index in [0.717, 1.165) is 16.7 Å². The van der Waals surface area contributed by atoms with E-state index < -0.39 is 24.5 Å². The molecule has 7 nitrogen and oxygen atoms in total. The Morgan fingerprint density at radius 2 is 1.55 bits per heavy atom. The van der Waals surface area contributed by atoms with Crippen molar-refractivity contribution in [3.8, 4) is 0 Å². The highest BCUT2D eigenvalue weighted by molar-refractivity contribution is 5.88. The Morgan fingerprint density at radius 1 is 0.871 bits per heavy atom. The van der Waals surface area contributed by atoms with Gasteiger partial charge in [0.1, 0.15) is 18.8 Å². The van der Waals surface area contributed by atoms with Crippen LogP contribution < -0.4 is 5.32 Å². The van der Waals surface area contributed by atoms with Crippen molar-refractivity contribution in [3.05, 3.63) is 102 Å². The number of hydrogen-bond donors (Lipinski definition) is 1. The summed E-state index contributed by atoms with van der Waals surface area (Å²) in [6, 6.07) is 21.4. The van der Waals surface area contributed by atoms with Gasteiger partial charge < -0.3 is 14.8 Å². The SMILES string of the molecule is O=C1NC(c2ccccc2)OC(c2cccnc2)C1N1C(=O)OC[C@@H]1c1ccccc1. The molecule has 0 saturated carbocycles. The lowest BCUT2D eigenvalue weighted by Gasteiger charge is -2.41. The van der Waals surface area contributed by atoms with Crippen LogP contribution in [0.25, 0.3) is 0 Å². The third-order valence-corrected chi connectivity index (χ3v) is 5.62. The summed E-state index contributed by atoms with van der Waals surface area (Å²) < 4.78 is 11.7. The number of aromatic nitrogens is 1. The molecule has 1 aromatic heterocycles. The molecule has 5 rings (SSSR count). The largest absolute Gasteiger partial charge is 0.447 e. The van der Waals surface area contributed by atoms with Gasteiger partial charge in [0.2, 0.25) is 5.91 Å². The fourth-order valence-electron chi connectivity index (χ4n) is 4.15. The van der Waals surface area contributed by atoms with Crippen LogP contribution in [0.15, 0.2) is 85.2 Å². The number of pyridine rings is 1. The number of rotatable bonds is 4. The van der Waals surface area contributed by atoms with E-state index in [1.54, 1.807) is 18.5 Å². The molecule has 4 atom stereocenters. The van der Waals surface area contributed by atoms with E-state index in [1.165, 1.54) is 4.90 Å². The molecule has 156 valence electrons. The standard InChI is InChI=1S/C24H21N3O4/c28-22-20(27-19(15-30-24(27)29)16-8-3-1-4-9-16)21(18-12-7-13-25-14-18)31-23(26-22)17-10-5-2-6-11-17/h1-14,19-21,23H,15H2,(H,26,28)/t19-,20?,21?,23?/m1/s1. The van der Waals surface area contributed by atoms with Gasteiger partial charge in [0.15, 0.2) is 6.23 Å². The number of carbonyl (C=O) groups is 2. The molecule has 1 N–H and O–H groups in total. The van der Waals surface area contributed by atoms with E-state index in [2.05, 4.69) is 10.3 Å². The molecule has 2 saturated heterocycles. The van der Waals surface area contributed by atoms with Crippen molar-refractivity contribution >= 4 is 12.0 Å². The summed E-state index contributed by atoms with van der Waals surface area (Å²) >= 11 is 0. The Labute approximate surface area is 179 Å². The Morgan fingerprint density at radius 3 is 2.23 bits per heavy atom. The van der Waals surface area contributed by atoms with Gasteiger partial charge in [-0.3, -0.25) is 14.7 Å². The minimum Gasteiger partial charge on any atom is -0.447 e. The van der Waals surface area contributed by atoms with Gasteiger partial charge >= 0.3 is 6.09 Å². The number of amides is 2. The van der Waals surface area contributed by atoms with Crippen molar-refractivity contribution in [1.82, 2.24) is 15.2 Å². The average molecular weight is 415 g/mol. The molecule has 2 fully saturated rings. The van der Waals surface area contributed by atoms with Gasteiger partial charge in [-0.05, 0) is 11.6 Å². The normalized spacial score (nSPS) is 25.7. The van der Waals surface area contributed by atoms with E-state index in [4.69, 9.17) is 9.47 Å². The van der Waals surface area contributed by atoms with E-state index in [1.807, 2.05) is 66.7 Å². The highest BCUT2D eigenvalue weighted by atomic mass is 16.6. The van der Waals surface area contributed by atoms with Crippen LogP contribution in [0.4, 0.5) is 4.79 Å². The highest BCUT2D eigenvalue weighted by Crippen LogP contribution is 2.40. The van der Waals surface area contributed by atoms with Gasteiger partial charge in [-0.25, -0.2) is 4.79 Å². The van der Waals surface area contributed by atoms with Crippen molar-refractivity contribution in [2.75, 3.05) is 6.61 Å². The first-order valence-electron chi connectivity index (χ1n) is 10.1. The average Bonchev–Trinajstić information content (AvgIpc) is 3.21. The number of carbonyl (C=O) groups excluding carboxylic acids is 2. The number of hydrogen-bond acceptors (Lipinski definition) is 5. The van der Waals surface area contributed by atoms with E-state index >= 15 is 0 Å². The lowest BCUT2D eigenvalue weighted by Crippen LogP contribution is -2.57. The number of benzene rings is 2. The second kappa shape index (κ2) is 8.20. The van der Waals surface area contributed by atoms with Crippen LogP contribution in [0.3, 0.4) is 0 Å². The van der Waals surface area contributed by atoms with Crippen molar-refractivity contribution < 1.29 is 19.1 Å². The summed E-state index contributed by atoms with van der Waals surface area (Å²) in [7, 11) is 0. The molecule has 7 heteroatoms. The predicted octanol–water partition coefficient (Wildman–Crippen LogP) is 3.53. The topological polar surface area (TPSA) is 80.8 Å². The number of nitrogens with one attached hydrogen (secondary N) is 1. The van der Waals surface area contributed by atoms with Gasteiger partial charge in [-0.2, -0.15) is 0 Å². The number of cyclic esters (lactones) is 1. The monoisotopic (exact) mass is 415 g/mol. The molecule has 2 aliphatic rings. The third kappa shape index (κ3) is 3.64. The molecule has 2 aliphatic heterocycles. The zero-order valence-electron chi connectivity index (χ0n) is 16.6. The summed E-state index contributed by atoms with van der Waals surface area (Å²) in [5.41, 5.74) is 2.44. The predicted molar refractivity (Wildman–Crippen MR) is 112 cm³/mol. The lowest BCUT2D eigenvalue weighted by molar-refractivity contribution is -0.157.